The number of nitrogens with one attached hydrogen (secondary N) is 1. The maximum Gasteiger partial charge on any atom is 0.393 e. The molecule has 0 aromatic heterocycles. The maximum absolute atomic E-state index is 12.3. The van der Waals surface area contributed by atoms with Crippen molar-refractivity contribution in [2.45, 2.75) is 12.6 Å². The summed E-state index contributed by atoms with van der Waals surface area (Å²) in [6.07, 6.45) is -5.12. The first-order valence-electron chi connectivity index (χ1n) is 5.71. The van der Waals surface area contributed by atoms with E-state index in [4.69, 9.17) is 5.73 Å². The van der Waals surface area contributed by atoms with Crippen molar-refractivity contribution in [3.8, 4) is 0 Å². The molecule has 0 radical (unpaired) electrons. The third-order valence-electron chi connectivity index (χ3n) is 2.53. The summed E-state index contributed by atoms with van der Waals surface area (Å²) in [5.74, 6) is 0. The van der Waals surface area contributed by atoms with Gasteiger partial charge in [-0.3, -0.25) is 0 Å². The van der Waals surface area contributed by atoms with Gasteiger partial charge in [-0.1, -0.05) is 12.1 Å². The van der Waals surface area contributed by atoms with Crippen LogP contribution >= 0.6 is 0 Å². The lowest BCUT2D eigenvalue weighted by atomic mass is 10.1. The fourth-order valence-electron chi connectivity index (χ4n) is 1.72. The Balaban J connectivity index is 2.13. The first kappa shape index (κ1) is 13.3. The quantitative estimate of drug-likeness (QED) is 0.820. The van der Waals surface area contributed by atoms with Gasteiger partial charge in [0.15, 0.2) is 0 Å². The van der Waals surface area contributed by atoms with Gasteiger partial charge in [0.25, 0.3) is 0 Å². The Morgan fingerprint density at radius 3 is 2.26 bits per heavy atom. The average Bonchev–Trinajstić information content (AvgIpc) is 2.30. The van der Waals surface area contributed by atoms with Crippen molar-refractivity contribution in [1.82, 2.24) is 0 Å². The number of anilines is 3. The molecule has 2 rings (SSSR count). The monoisotopic (exact) mass is 266 g/mol. The first-order chi connectivity index (χ1) is 8.92. The van der Waals surface area contributed by atoms with Crippen LogP contribution in [0.25, 0.3) is 0 Å². The topological polar surface area (TPSA) is 38.0 Å². The van der Waals surface area contributed by atoms with Gasteiger partial charge in [0.05, 0.1) is 6.42 Å². The molecule has 0 fully saturated rings. The summed E-state index contributed by atoms with van der Waals surface area (Å²) in [4.78, 5) is 0. The highest BCUT2D eigenvalue weighted by atomic mass is 19.4. The summed E-state index contributed by atoms with van der Waals surface area (Å²) < 4.78 is 36.9. The Hall–Kier alpha value is -2.17. The minimum atomic E-state index is -4.19. The molecule has 19 heavy (non-hydrogen) atoms. The second-order valence-electron chi connectivity index (χ2n) is 4.24. The molecule has 0 saturated carbocycles. The molecule has 0 aliphatic heterocycles. The van der Waals surface area contributed by atoms with Crippen molar-refractivity contribution in [3.05, 3.63) is 54.1 Å². The van der Waals surface area contributed by atoms with Crippen LogP contribution in [-0.2, 0) is 6.42 Å². The van der Waals surface area contributed by atoms with Crippen LogP contribution in [0, 0.1) is 0 Å². The zero-order chi connectivity index (χ0) is 13.9. The van der Waals surface area contributed by atoms with E-state index in [9.17, 15) is 13.2 Å². The number of halogens is 3. The van der Waals surface area contributed by atoms with Crippen molar-refractivity contribution in [3.63, 3.8) is 0 Å². The number of benzene rings is 2. The van der Waals surface area contributed by atoms with Gasteiger partial charge in [0.1, 0.15) is 0 Å². The zero-order valence-electron chi connectivity index (χ0n) is 10.0. The molecule has 100 valence electrons. The predicted molar refractivity (Wildman–Crippen MR) is 70.3 cm³/mol. The summed E-state index contributed by atoms with van der Waals surface area (Å²) in [5, 5.41) is 3.03. The van der Waals surface area contributed by atoms with Crippen LogP contribution in [0.3, 0.4) is 0 Å². The van der Waals surface area contributed by atoms with Crippen LogP contribution in [0.5, 0.6) is 0 Å². The lowest BCUT2D eigenvalue weighted by Crippen LogP contribution is -2.11. The molecule has 0 atom stereocenters. The predicted octanol–water partition coefficient (Wildman–Crippen LogP) is 4.12. The molecule has 0 aliphatic rings. The van der Waals surface area contributed by atoms with Crippen molar-refractivity contribution < 1.29 is 13.2 Å². The molecule has 2 nitrogen and oxygen atoms in total. The average molecular weight is 266 g/mol. The Morgan fingerprint density at radius 2 is 1.63 bits per heavy atom. The van der Waals surface area contributed by atoms with Crippen LogP contribution in [0.1, 0.15) is 5.56 Å². The van der Waals surface area contributed by atoms with Crippen LogP contribution < -0.4 is 11.1 Å². The number of nitrogens with two attached hydrogens (primary N) is 1. The van der Waals surface area contributed by atoms with Crippen LogP contribution in [0.15, 0.2) is 48.5 Å². The fourth-order valence-corrected chi connectivity index (χ4v) is 1.72. The smallest absolute Gasteiger partial charge is 0.393 e. The van der Waals surface area contributed by atoms with E-state index in [-0.39, 0.29) is 5.56 Å². The van der Waals surface area contributed by atoms with Crippen molar-refractivity contribution >= 4 is 17.1 Å². The third-order valence-corrected chi connectivity index (χ3v) is 2.53. The fraction of sp³-hybridized carbons (Fsp3) is 0.143. The highest BCUT2D eigenvalue weighted by molar-refractivity contribution is 5.62. The molecule has 0 saturated heterocycles. The normalized spacial score (nSPS) is 11.3. The van der Waals surface area contributed by atoms with E-state index in [1.54, 1.807) is 36.4 Å². The van der Waals surface area contributed by atoms with E-state index in [0.29, 0.717) is 11.4 Å². The molecule has 3 N–H and O–H groups in total. The van der Waals surface area contributed by atoms with Crippen molar-refractivity contribution in [2.24, 2.45) is 0 Å². The molecular weight excluding hydrogens is 253 g/mol. The van der Waals surface area contributed by atoms with E-state index < -0.39 is 12.6 Å². The summed E-state index contributed by atoms with van der Waals surface area (Å²) in [6, 6.07) is 13.3. The minimum absolute atomic E-state index is 0.230. The van der Waals surface area contributed by atoms with Crippen LogP contribution in [0.4, 0.5) is 30.2 Å². The van der Waals surface area contributed by atoms with E-state index >= 15 is 0 Å². The first-order valence-corrected chi connectivity index (χ1v) is 5.71. The van der Waals surface area contributed by atoms with Gasteiger partial charge in [-0.05, 0) is 42.0 Å². The number of nitrogen functional groups attached to an aromatic ring is 1. The van der Waals surface area contributed by atoms with Gasteiger partial charge in [0, 0.05) is 17.1 Å². The van der Waals surface area contributed by atoms with Crippen molar-refractivity contribution in [1.29, 1.82) is 0 Å². The van der Waals surface area contributed by atoms with Gasteiger partial charge in [-0.15, -0.1) is 0 Å². The number of hydrogen-bond acceptors (Lipinski definition) is 2. The number of hydrogen-bond donors (Lipinski definition) is 2. The largest absolute Gasteiger partial charge is 0.399 e. The molecule has 2 aromatic rings. The molecular formula is C14H13F3N2. The second-order valence-corrected chi connectivity index (χ2v) is 4.24. The van der Waals surface area contributed by atoms with E-state index in [1.165, 1.54) is 12.1 Å². The van der Waals surface area contributed by atoms with E-state index in [0.717, 1.165) is 5.69 Å². The zero-order valence-corrected chi connectivity index (χ0v) is 10.0. The van der Waals surface area contributed by atoms with Crippen molar-refractivity contribution in [2.75, 3.05) is 11.1 Å². The molecule has 0 spiro atoms. The molecule has 2 aromatic carbocycles. The standard InChI is InChI=1S/C14H13F3N2/c15-14(16,17)9-10-2-1-3-13(8-10)19-12-6-4-11(18)5-7-12/h1-8,19H,9,18H2. The molecule has 0 unspecified atom stereocenters. The lowest BCUT2D eigenvalue weighted by Gasteiger charge is -2.10. The molecule has 0 bridgehead atoms. The highest BCUT2D eigenvalue weighted by Crippen LogP contribution is 2.24. The number of rotatable bonds is 3. The van der Waals surface area contributed by atoms with Gasteiger partial charge in [0.2, 0.25) is 0 Å². The van der Waals surface area contributed by atoms with E-state index in [1.807, 2.05) is 0 Å². The Labute approximate surface area is 109 Å². The van der Waals surface area contributed by atoms with Gasteiger partial charge in [-0.25, -0.2) is 0 Å². The maximum atomic E-state index is 12.3. The Morgan fingerprint density at radius 1 is 0.947 bits per heavy atom. The Bertz CT molecular complexity index is 547. The van der Waals surface area contributed by atoms with Crippen LogP contribution in [0.2, 0.25) is 0 Å². The summed E-state index contributed by atoms with van der Waals surface area (Å²) in [7, 11) is 0. The summed E-state index contributed by atoms with van der Waals surface area (Å²) in [5.41, 5.74) is 7.82. The molecule has 0 aliphatic carbocycles. The second kappa shape index (κ2) is 5.22. The molecule has 0 heterocycles. The molecule has 5 heteroatoms. The summed E-state index contributed by atoms with van der Waals surface area (Å²) >= 11 is 0. The third kappa shape index (κ3) is 4.21. The van der Waals surface area contributed by atoms with E-state index in [2.05, 4.69) is 5.32 Å². The van der Waals surface area contributed by atoms with Gasteiger partial charge >= 0.3 is 6.18 Å². The van der Waals surface area contributed by atoms with Gasteiger partial charge in [-0.2, -0.15) is 13.2 Å². The number of alkyl halides is 3. The highest BCUT2D eigenvalue weighted by Gasteiger charge is 2.27. The Kier molecular flexibility index (Phi) is 3.64. The minimum Gasteiger partial charge on any atom is -0.399 e. The SMILES string of the molecule is Nc1ccc(Nc2cccc(CC(F)(F)F)c2)cc1. The summed E-state index contributed by atoms with van der Waals surface area (Å²) in [6.45, 7) is 0. The lowest BCUT2D eigenvalue weighted by molar-refractivity contribution is -0.127. The van der Waals surface area contributed by atoms with Crippen LogP contribution in [-0.4, -0.2) is 6.18 Å². The molecule has 0 amide bonds. The van der Waals surface area contributed by atoms with Gasteiger partial charge < -0.3 is 11.1 Å².